The maximum Gasteiger partial charge on any atom is 0.169 e. The van der Waals surface area contributed by atoms with Crippen LogP contribution in [0.25, 0.3) is 0 Å². The number of para-hydroxylation sites is 1. The lowest BCUT2D eigenvalue weighted by molar-refractivity contribution is -0.122. The Bertz CT molecular complexity index is 331. The monoisotopic (exact) mass is 206 g/mol. The van der Waals surface area contributed by atoms with E-state index in [2.05, 4.69) is 6.92 Å². The quantitative estimate of drug-likeness (QED) is 0.740. The second kappa shape index (κ2) is 5.54. The average Bonchev–Trinajstić information content (AvgIpc) is 2.21. The van der Waals surface area contributed by atoms with E-state index in [0.29, 0.717) is 0 Å². The van der Waals surface area contributed by atoms with Crippen molar-refractivity contribution >= 4 is 5.78 Å². The Balaban J connectivity index is 2.79. The van der Waals surface area contributed by atoms with Crippen LogP contribution < -0.4 is 4.74 Å². The minimum Gasteiger partial charge on any atom is -0.483 e. The number of ether oxygens (including phenoxy) is 1. The molecule has 0 bridgehead atoms. The second-order valence-electron chi connectivity index (χ2n) is 3.73. The van der Waals surface area contributed by atoms with Gasteiger partial charge in [-0.15, -0.1) is 0 Å². The van der Waals surface area contributed by atoms with Crippen LogP contribution in [0.15, 0.2) is 24.3 Å². The highest BCUT2D eigenvalue weighted by atomic mass is 16.5. The molecule has 0 heterocycles. The number of benzene rings is 1. The Morgan fingerprint density at radius 2 is 2.07 bits per heavy atom. The molecule has 2 heteroatoms. The van der Waals surface area contributed by atoms with Gasteiger partial charge in [0.05, 0.1) is 0 Å². The molecule has 15 heavy (non-hydrogen) atoms. The lowest BCUT2D eigenvalue weighted by Crippen LogP contribution is -2.21. The third kappa shape index (κ3) is 3.39. The van der Waals surface area contributed by atoms with Crippen LogP contribution >= 0.6 is 0 Å². The zero-order valence-corrected chi connectivity index (χ0v) is 9.62. The van der Waals surface area contributed by atoms with Crippen molar-refractivity contribution in [2.75, 3.05) is 0 Å². The smallest absolute Gasteiger partial charge is 0.169 e. The molecule has 0 saturated carbocycles. The topological polar surface area (TPSA) is 26.3 Å². The van der Waals surface area contributed by atoms with Crippen molar-refractivity contribution in [2.24, 2.45) is 0 Å². The molecule has 0 radical (unpaired) electrons. The number of aryl methyl sites for hydroxylation is 1. The standard InChI is InChI=1S/C13H18O2/c1-4-7-12-8-5-6-9-13(12)15-11(3)10(2)14/h5-6,8-9,11H,4,7H2,1-3H3. The minimum absolute atomic E-state index is 0.0568. The van der Waals surface area contributed by atoms with Crippen LogP contribution in [0.5, 0.6) is 5.75 Å². The fraction of sp³-hybridized carbons (Fsp3) is 0.462. The summed E-state index contributed by atoms with van der Waals surface area (Å²) in [6.07, 6.45) is 1.71. The summed E-state index contributed by atoms with van der Waals surface area (Å²) in [6.45, 7) is 5.46. The van der Waals surface area contributed by atoms with Crippen LogP contribution in [0, 0.1) is 0 Å². The molecular weight excluding hydrogens is 188 g/mol. The molecular formula is C13H18O2. The van der Waals surface area contributed by atoms with Gasteiger partial charge in [0.1, 0.15) is 5.75 Å². The Kier molecular flexibility index (Phi) is 4.35. The number of hydrogen-bond donors (Lipinski definition) is 0. The molecule has 0 aliphatic rings. The van der Waals surface area contributed by atoms with E-state index < -0.39 is 0 Å². The fourth-order valence-corrected chi connectivity index (χ4v) is 1.37. The highest BCUT2D eigenvalue weighted by molar-refractivity contribution is 5.80. The van der Waals surface area contributed by atoms with Gasteiger partial charge in [0.15, 0.2) is 11.9 Å². The lowest BCUT2D eigenvalue weighted by atomic mass is 10.1. The largest absolute Gasteiger partial charge is 0.483 e. The van der Waals surface area contributed by atoms with Gasteiger partial charge in [0.2, 0.25) is 0 Å². The van der Waals surface area contributed by atoms with Crippen LogP contribution in [-0.2, 0) is 11.2 Å². The van der Waals surface area contributed by atoms with Gasteiger partial charge >= 0.3 is 0 Å². The van der Waals surface area contributed by atoms with Gasteiger partial charge in [-0.1, -0.05) is 31.5 Å². The predicted octanol–water partition coefficient (Wildman–Crippen LogP) is 3.00. The van der Waals surface area contributed by atoms with Gasteiger partial charge in [-0.05, 0) is 31.9 Å². The van der Waals surface area contributed by atoms with Crippen molar-refractivity contribution in [2.45, 2.75) is 39.7 Å². The summed E-state index contributed by atoms with van der Waals surface area (Å²) in [7, 11) is 0. The Morgan fingerprint density at radius 3 is 2.67 bits per heavy atom. The van der Waals surface area contributed by atoms with Gasteiger partial charge < -0.3 is 4.74 Å². The molecule has 0 aliphatic carbocycles. The molecule has 1 rings (SSSR count). The van der Waals surface area contributed by atoms with Gasteiger partial charge in [-0.2, -0.15) is 0 Å². The molecule has 0 fully saturated rings. The molecule has 0 amide bonds. The third-order valence-corrected chi connectivity index (χ3v) is 2.37. The number of carbonyl (C=O) groups is 1. The number of ketones is 1. The molecule has 2 nitrogen and oxygen atoms in total. The zero-order chi connectivity index (χ0) is 11.3. The van der Waals surface area contributed by atoms with Crippen LogP contribution in [-0.4, -0.2) is 11.9 Å². The lowest BCUT2D eigenvalue weighted by Gasteiger charge is -2.14. The van der Waals surface area contributed by atoms with Crippen LogP contribution in [0.2, 0.25) is 0 Å². The minimum atomic E-state index is -0.358. The predicted molar refractivity (Wildman–Crippen MR) is 61.2 cm³/mol. The molecule has 1 atom stereocenters. The Hall–Kier alpha value is -1.31. The maximum absolute atomic E-state index is 11.1. The van der Waals surface area contributed by atoms with E-state index in [1.54, 1.807) is 13.8 Å². The van der Waals surface area contributed by atoms with Crippen molar-refractivity contribution in [1.29, 1.82) is 0 Å². The molecule has 82 valence electrons. The first kappa shape index (κ1) is 11.8. The van der Waals surface area contributed by atoms with Gasteiger partial charge in [0, 0.05) is 0 Å². The summed E-state index contributed by atoms with van der Waals surface area (Å²) >= 11 is 0. The van der Waals surface area contributed by atoms with E-state index >= 15 is 0 Å². The first-order valence-corrected chi connectivity index (χ1v) is 5.40. The van der Waals surface area contributed by atoms with Crippen molar-refractivity contribution in [3.05, 3.63) is 29.8 Å². The summed E-state index contributed by atoms with van der Waals surface area (Å²) in [5, 5.41) is 0. The number of hydrogen-bond acceptors (Lipinski definition) is 2. The van der Waals surface area contributed by atoms with Crippen molar-refractivity contribution in [3.8, 4) is 5.75 Å². The number of carbonyl (C=O) groups excluding carboxylic acids is 1. The van der Waals surface area contributed by atoms with Crippen molar-refractivity contribution in [1.82, 2.24) is 0 Å². The highest BCUT2D eigenvalue weighted by Gasteiger charge is 2.11. The second-order valence-corrected chi connectivity index (χ2v) is 3.73. The zero-order valence-electron chi connectivity index (χ0n) is 9.62. The summed E-state index contributed by atoms with van der Waals surface area (Å²) in [4.78, 5) is 11.1. The fourth-order valence-electron chi connectivity index (χ4n) is 1.37. The first-order chi connectivity index (χ1) is 7.15. The van der Waals surface area contributed by atoms with E-state index in [1.165, 1.54) is 5.56 Å². The van der Waals surface area contributed by atoms with Gasteiger partial charge in [-0.25, -0.2) is 0 Å². The highest BCUT2D eigenvalue weighted by Crippen LogP contribution is 2.20. The van der Waals surface area contributed by atoms with Crippen LogP contribution in [0.4, 0.5) is 0 Å². The number of Topliss-reactive ketones (excluding diaryl/α,β-unsaturated/α-hetero) is 1. The molecule has 0 aromatic heterocycles. The average molecular weight is 206 g/mol. The Morgan fingerprint density at radius 1 is 1.40 bits per heavy atom. The SMILES string of the molecule is CCCc1ccccc1OC(C)C(C)=O. The molecule has 0 spiro atoms. The molecule has 0 aliphatic heterocycles. The van der Waals surface area contributed by atoms with E-state index in [4.69, 9.17) is 4.74 Å². The third-order valence-electron chi connectivity index (χ3n) is 2.37. The van der Waals surface area contributed by atoms with Crippen molar-refractivity contribution in [3.63, 3.8) is 0 Å². The molecule has 0 saturated heterocycles. The molecule has 1 aromatic carbocycles. The summed E-state index contributed by atoms with van der Waals surface area (Å²) in [5.41, 5.74) is 1.17. The maximum atomic E-state index is 11.1. The number of rotatable bonds is 5. The van der Waals surface area contributed by atoms with Crippen molar-refractivity contribution < 1.29 is 9.53 Å². The van der Waals surface area contributed by atoms with Crippen LogP contribution in [0.1, 0.15) is 32.8 Å². The van der Waals surface area contributed by atoms with Gasteiger partial charge in [-0.3, -0.25) is 4.79 Å². The van der Waals surface area contributed by atoms with E-state index in [9.17, 15) is 4.79 Å². The summed E-state index contributed by atoms with van der Waals surface area (Å²) < 4.78 is 5.61. The Labute approximate surface area is 91.3 Å². The van der Waals surface area contributed by atoms with E-state index in [-0.39, 0.29) is 11.9 Å². The summed E-state index contributed by atoms with van der Waals surface area (Å²) in [6, 6.07) is 7.90. The first-order valence-electron chi connectivity index (χ1n) is 5.40. The van der Waals surface area contributed by atoms with Crippen LogP contribution in [0.3, 0.4) is 0 Å². The molecule has 1 aromatic rings. The normalized spacial score (nSPS) is 12.2. The summed E-state index contributed by atoms with van der Waals surface area (Å²) in [5.74, 6) is 0.892. The van der Waals surface area contributed by atoms with Gasteiger partial charge in [0.25, 0.3) is 0 Å². The van der Waals surface area contributed by atoms with E-state index in [1.807, 2.05) is 24.3 Å². The molecule has 1 unspecified atom stereocenters. The molecule has 0 N–H and O–H groups in total. The van der Waals surface area contributed by atoms with E-state index in [0.717, 1.165) is 18.6 Å².